The molecule has 6 heteroatoms. The van der Waals surface area contributed by atoms with E-state index in [-0.39, 0.29) is 0 Å². The summed E-state index contributed by atoms with van der Waals surface area (Å²) in [4.78, 5) is 9.41. The van der Waals surface area contributed by atoms with Crippen molar-refractivity contribution in [1.29, 1.82) is 0 Å². The van der Waals surface area contributed by atoms with E-state index in [2.05, 4.69) is 50.3 Å². The van der Waals surface area contributed by atoms with Crippen molar-refractivity contribution in [3.63, 3.8) is 0 Å². The van der Waals surface area contributed by atoms with Crippen LogP contribution in [-0.4, -0.2) is 53.2 Å². The van der Waals surface area contributed by atoms with E-state index in [9.17, 15) is 0 Å². The minimum Gasteiger partial charge on any atom is -0.496 e. The minimum atomic E-state index is 0.574. The maximum Gasteiger partial charge on any atom is 0.241 e. The molecular weight excluding hydrogens is 340 g/mol. The average Bonchev–Trinajstić information content (AvgIpc) is 3.18. The maximum absolute atomic E-state index is 5.47. The van der Waals surface area contributed by atoms with Gasteiger partial charge in [0.1, 0.15) is 5.75 Å². The quantitative estimate of drug-likeness (QED) is 0.670. The third kappa shape index (κ3) is 4.35. The summed E-state index contributed by atoms with van der Waals surface area (Å²) in [5.41, 5.74) is 2.21. The highest BCUT2D eigenvalue weighted by Crippen LogP contribution is 2.27. The zero-order valence-electron chi connectivity index (χ0n) is 15.5. The predicted molar refractivity (Wildman–Crippen MR) is 103 cm³/mol. The zero-order valence-corrected chi connectivity index (χ0v) is 15.5. The monoisotopic (exact) mass is 364 g/mol. The van der Waals surface area contributed by atoms with Gasteiger partial charge in [-0.1, -0.05) is 47.6 Å². The second kappa shape index (κ2) is 8.33. The van der Waals surface area contributed by atoms with Crippen LogP contribution in [0.5, 0.6) is 5.75 Å². The first-order valence-corrected chi connectivity index (χ1v) is 9.26. The number of methoxy groups -OCH3 is 1. The second-order valence-corrected chi connectivity index (χ2v) is 6.75. The van der Waals surface area contributed by atoms with Gasteiger partial charge in [-0.2, -0.15) is 4.98 Å². The predicted octanol–water partition coefficient (Wildman–Crippen LogP) is 3.06. The van der Waals surface area contributed by atoms with E-state index in [1.807, 2.05) is 24.3 Å². The van der Waals surface area contributed by atoms with Crippen LogP contribution in [0.15, 0.2) is 59.1 Å². The number of aromatic nitrogens is 2. The largest absolute Gasteiger partial charge is 0.496 e. The van der Waals surface area contributed by atoms with Crippen LogP contribution >= 0.6 is 0 Å². The van der Waals surface area contributed by atoms with Gasteiger partial charge in [-0.3, -0.25) is 9.80 Å². The van der Waals surface area contributed by atoms with E-state index in [0.29, 0.717) is 18.3 Å². The van der Waals surface area contributed by atoms with Crippen LogP contribution in [0.25, 0.3) is 11.4 Å². The van der Waals surface area contributed by atoms with Crippen molar-refractivity contribution in [2.24, 2.45) is 0 Å². The van der Waals surface area contributed by atoms with Gasteiger partial charge in [-0.05, 0) is 17.7 Å². The Morgan fingerprint density at radius 2 is 1.56 bits per heavy atom. The van der Waals surface area contributed by atoms with Crippen LogP contribution in [0.3, 0.4) is 0 Å². The fourth-order valence-corrected chi connectivity index (χ4v) is 3.40. The number of piperazine rings is 1. The Balaban J connectivity index is 1.33. The molecule has 0 saturated carbocycles. The highest BCUT2D eigenvalue weighted by molar-refractivity contribution is 5.63. The van der Waals surface area contributed by atoms with Gasteiger partial charge in [0.05, 0.1) is 19.2 Å². The summed E-state index contributed by atoms with van der Waals surface area (Å²) in [5, 5.41) is 4.13. The highest BCUT2D eigenvalue weighted by Gasteiger charge is 2.20. The third-order valence-corrected chi connectivity index (χ3v) is 4.89. The molecule has 0 radical (unpaired) electrons. The van der Waals surface area contributed by atoms with E-state index < -0.39 is 0 Å². The molecule has 140 valence electrons. The number of ether oxygens (including phenoxy) is 1. The lowest BCUT2D eigenvalue weighted by Crippen LogP contribution is -2.45. The Morgan fingerprint density at radius 1 is 0.889 bits per heavy atom. The van der Waals surface area contributed by atoms with Gasteiger partial charge >= 0.3 is 0 Å². The van der Waals surface area contributed by atoms with Gasteiger partial charge in [0, 0.05) is 32.7 Å². The number of rotatable bonds is 6. The SMILES string of the molecule is COc1ccccc1-c1noc(CN2CCN(Cc3ccccc3)CC2)n1. The molecule has 1 aromatic heterocycles. The van der Waals surface area contributed by atoms with Crippen molar-refractivity contribution < 1.29 is 9.26 Å². The summed E-state index contributed by atoms with van der Waals surface area (Å²) >= 11 is 0. The number of benzene rings is 2. The average molecular weight is 364 g/mol. The number of para-hydroxylation sites is 1. The summed E-state index contributed by atoms with van der Waals surface area (Å²) in [6, 6.07) is 18.3. The molecule has 0 amide bonds. The minimum absolute atomic E-state index is 0.574. The van der Waals surface area contributed by atoms with Crippen LogP contribution in [0, 0.1) is 0 Å². The fraction of sp³-hybridized carbons (Fsp3) is 0.333. The van der Waals surface area contributed by atoms with Crippen molar-refractivity contribution in [1.82, 2.24) is 19.9 Å². The Hall–Kier alpha value is -2.70. The highest BCUT2D eigenvalue weighted by atomic mass is 16.5. The molecule has 0 atom stereocenters. The summed E-state index contributed by atoms with van der Waals surface area (Å²) in [5.74, 6) is 1.97. The molecule has 1 aliphatic rings. The summed E-state index contributed by atoms with van der Waals surface area (Å²) < 4.78 is 10.9. The molecule has 0 unspecified atom stereocenters. The van der Waals surface area contributed by atoms with Crippen LogP contribution < -0.4 is 4.74 Å². The zero-order chi connectivity index (χ0) is 18.5. The Bertz CT molecular complexity index is 857. The molecular formula is C21H24N4O2. The van der Waals surface area contributed by atoms with Crippen LogP contribution in [-0.2, 0) is 13.1 Å². The van der Waals surface area contributed by atoms with Crippen molar-refractivity contribution >= 4 is 0 Å². The van der Waals surface area contributed by atoms with Crippen molar-refractivity contribution in [3.8, 4) is 17.1 Å². The van der Waals surface area contributed by atoms with Crippen LogP contribution in [0.2, 0.25) is 0 Å². The molecule has 3 aromatic rings. The summed E-state index contributed by atoms with van der Waals surface area (Å²) in [7, 11) is 1.65. The van der Waals surface area contributed by atoms with E-state index in [4.69, 9.17) is 9.26 Å². The van der Waals surface area contributed by atoms with Crippen LogP contribution in [0.1, 0.15) is 11.5 Å². The first kappa shape index (κ1) is 17.7. The number of hydrogen-bond acceptors (Lipinski definition) is 6. The standard InChI is InChI=1S/C21H24N4O2/c1-26-19-10-6-5-9-18(19)21-22-20(27-23-21)16-25-13-11-24(12-14-25)15-17-7-3-2-4-8-17/h2-10H,11-16H2,1H3. The lowest BCUT2D eigenvalue weighted by atomic mass is 10.2. The van der Waals surface area contributed by atoms with Gasteiger partial charge in [-0.25, -0.2) is 0 Å². The van der Waals surface area contributed by atoms with Gasteiger partial charge in [-0.15, -0.1) is 0 Å². The molecule has 1 saturated heterocycles. The maximum atomic E-state index is 5.47. The molecule has 6 nitrogen and oxygen atoms in total. The van der Waals surface area contributed by atoms with Gasteiger partial charge in [0.2, 0.25) is 11.7 Å². The Kier molecular flexibility index (Phi) is 5.46. The van der Waals surface area contributed by atoms with Crippen molar-refractivity contribution in [3.05, 3.63) is 66.1 Å². The van der Waals surface area contributed by atoms with E-state index in [0.717, 1.165) is 44.0 Å². The molecule has 0 spiro atoms. The van der Waals surface area contributed by atoms with E-state index in [1.54, 1.807) is 7.11 Å². The Labute approximate surface area is 159 Å². The number of nitrogens with zero attached hydrogens (tertiary/aromatic N) is 4. The van der Waals surface area contributed by atoms with Crippen molar-refractivity contribution in [2.75, 3.05) is 33.3 Å². The molecule has 1 aliphatic heterocycles. The smallest absolute Gasteiger partial charge is 0.241 e. The molecule has 0 N–H and O–H groups in total. The molecule has 0 bridgehead atoms. The van der Waals surface area contributed by atoms with E-state index in [1.165, 1.54) is 5.56 Å². The molecule has 2 heterocycles. The molecule has 4 rings (SSSR count). The lowest BCUT2D eigenvalue weighted by Gasteiger charge is -2.33. The number of hydrogen-bond donors (Lipinski definition) is 0. The fourth-order valence-electron chi connectivity index (χ4n) is 3.40. The van der Waals surface area contributed by atoms with Crippen LogP contribution in [0.4, 0.5) is 0 Å². The lowest BCUT2D eigenvalue weighted by molar-refractivity contribution is 0.112. The summed E-state index contributed by atoms with van der Waals surface area (Å²) in [6.07, 6.45) is 0. The second-order valence-electron chi connectivity index (χ2n) is 6.75. The van der Waals surface area contributed by atoms with Gasteiger partial charge in [0.15, 0.2) is 0 Å². The van der Waals surface area contributed by atoms with Gasteiger partial charge < -0.3 is 9.26 Å². The summed E-state index contributed by atoms with van der Waals surface area (Å²) in [6.45, 7) is 5.78. The Morgan fingerprint density at radius 3 is 2.30 bits per heavy atom. The molecule has 1 fully saturated rings. The first-order chi connectivity index (χ1) is 13.3. The van der Waals surface area contributed by atoms with E-state index >= 15 is 0 Å². The molecule has 27 heavy (non-hydrogen) atoms. The topological polar surface area (TPSA) is 54.6 Å². The molecule has 0 aliphatic carbocycles. The molecule has 2 aromatic carbocycles. The normalized spacial score (nSPS) is 15.7. The first-order valence-electron chi connectivity index (χ1n) is 9.26. The van der Waals surface area contributed by atoms with Crippen molar-refractivity contribution in [2.45, 2.75) is 13.1 Å². The third-order valence-electron chi connectivity index (χ3n) is 4.89. The van der Waals surface area contributed by atoms with Gasteiger partial charge in [0.25, 0.3) is 0 Å².